The summed E-state index contributed by atoms with van der Waals surface area (Å²) in [6.45, 7) is 3.00. The summed E-state index contributed by atoms with van der Waals surface area (Å²) in [6.07, 6.45) is 1.05. The third-order valence-corrected chi connectivity index (χ3v) is 3.85. The summed E-state index contributed by atoms with van der Waals surface area (Å²) in [5.74, 6) is 1.16. The summed E-state index contributed by atoms with van der Waals surface area (Å²) >= 11 is 3.40. The molecule has 1 amide bonds. The number of carbonyl (C=O) groups is 1. The Morgan fingerprint density at radius 2 is 2.33 bits per heavy atom. The van der Waals surface area contributed by atoms with Crippen LogP contribution in [0.4, 0.5) is 5.69 Å². The van der Waals surface area contributed by atoms with E-state index in [1.54, 1.807) is 7.11 Å². The van der Waals surface area contributed by atoms with Crippen LogP contribution in [0, 0.1) is 5.92 Å². The first-order valence-electron chi connectivity index (χ1n) is 5.99. The average Bonchev–Trinajstić information content (AvgIpc) is 2.76. The predicted octanol–water partition coefficient (Wildman–Crippen LogP) is 2.39. The Kier molecular flexibility index (Phi) is 4.24. The van der Waals surface area contributed by atoms with Crippen LogP contribution in [-0.2, 0) is 4.79 Å². The normalized spacial score (nSPS) is 22.8. The largest absolute Gasteiger partial charge is 0.496 e. The molecular weight excluding hydrogens is 296 g/mol. The zero-order valence-corrected chi connectivity index (χ0v) is 12.1. The molecule has 1 saturated heterocycles. The summed E-state index contributed by atoms with van der Waals surface area (Å²) in [4.78, 5) is 12.1. The van der Waals surface area contributed by atoms with E-state index in [2.05, 4.69) is 33.5 Å². The van der Waals surface area contributed by atoms with E-state index >= 15 is 0 Å². The molecule has 2 N–H and O–H groups in total. The summed E-state index contributed by atoms with van der Waals surface area (Å²) in [6, 6.07) is 5.41. The van der Waals surface area contributed by atoms with E-state index in [0.29, 0.717) is 5.92 Å². The van der Waals surface area contributed by atoms with Crippen LogP contribution in [0.25, 0.3) is 0 Å². The Labute approximate surface area is 115 Å². The Morgan fingerprint density at radius 3 is 2.89 bits per heavy atom. The number of amides is 1. The van der Waals surface area contributed by atoms with Crippen LogP contribution in [0.1, 0.15) is 13.3 Å². The Morgan fingerprint density at radius 1 is 1.56 bits per heavy atom. The molecule has 1 heterocycles. The SMILES string of the molecule is COc1ccc(NC(=O)C2NCCC2C)cc1Br. The highest BCUT2D eigenvalue weighted by Gasteiger charge is 2.29. The fourth-order valence-electron chi connectivity index (χ4n) is 2.15. The molecule has 0 radical (unpaired) electrons. The van der Waals surface area contributed by atoms with Crippen LogP contribution in [0.15, 0.2) is 22.7 Å². The van der Waals surface area contributed by atoms with Crippen molar-refractivity contribution in [1.29, 1.82) is 0 Å². The van der Waals surface area contributed by atoms with Crippen molar-refractivity contribution in [3.05, 3.63) is 22.7 Å². The second-order valence-corrected chi connectivity index (χ2v) is 5.39. The first-order chi connectivity index (χ1) is 8.61. The molecule has 0 bridgehead atoms. The molecule has 0 spiro atoms. The molecule has 1 aliphatic heterocycles. The quantitative estimate of drug-likeness (QED) is 0.901. The average molecular weight is 313 g/mol. The van der Waals surface area contributed by atoms with Crippen LogP contribution in [0.5, 0.6) is 5.75 Å². The summed E-state index contributed by atoms with van der Waals surface area (Å²) < 4.78 is 5.98. The first kappa shape index (κ1) is 13.4. The number of methoxy groups -OCH3 is 1. The maximum Gasteiger partial charge on any atom is 0.241 e. The Balaban J connectivity index is 2.05. The Bertz CT molecular complexity index is 451. The monoisotopic (exact) mass is 312 g/mol. The van der Waals surface area contributed by atoms with Gasteiger partial charge in [0.25, 0.3) is 0 Å². The van der Waals surface area contributed by atoms with Crippen molar-refractivity contribution in [2.75, 3.05) is 19.0 Å². The number of halogens is 1. The van der Waals surface area contributed by atoms with Crippen molar-refractivity contribution in [2.24, 2.45) is 5.92 Å². The third-order valence-electron chi connectivity index (χ3n) is 3.23. The molecule has 1 fully saturated rings. The standard InChI is InChI=1S/C13H17BrN2O2/c1-8-5-6-15-12(8)13(17)16-9-3-4-11(18-2)10(14)7-9/h3-4,7-8,12,15H,5-6H2,1-2H3,(H,16,17). The maximum atomic E-state index is 12.1. The van der Waals surface area contributed by atoms with Crippen molar-refractivity contribution in [3.63, 3.8) is 0 Å². The first-order valence-corrected chi connectivity index (χ1v) is 6.79. The molecule has 18 heavy (non-hydrogen) atoms. The Hall–Kier alpha value is -1.07. The number of nitrogens with one attached hydrogen (secondary N) is 2. The van der Waals surface area contributed by atoms with Crippen molar-refractivity contribution in [2.45, 2.75) is 19.4 Å². The summed E-state index contributed by atoms with van der Waals surface area (Å²) in [5, 5.41) is 6.13. The van der Waals surface area contributed by atoms with E-state index in [0.717, 1.165) is 28.9 Å². The van der Waals surface area contributed by atoms with Crippen LogP contribution < -0.4 is 15.4 Å². The fraction of sp³-hybridized carbons (Fsp3) is 0.462. The highest BCUT2D eigenvalue weighted by atomic mass is 79.9. The van der Waals surface area contributed by atoms with Gasteiger partial charge in [-0.25, -0.2) is 0 Å². The minimum atomic E-state index is -0.0918. The van der Waals surface area contributed by atoms with Gasteiger partial charge in [0, 0.05) is 5.69 Å². The van der Waals surface area contributed by atoms with Gasteiger partial charge in [-0.15, -0.1) is 0 Å². The van der Waals surface area contributed by atoms with E-state index in [4.69, 9.17) is 4.74 Å². The van der Waals surface area contributed by atoms with Gasteiger partial charge < -0.3 is 15.4 Å². The van der Waals surface area contributed by atoms with E-state index in [-0.39, 0.29) is 11.9 Å². The van der Waals surface area contributed by atoms with Gasteiger partial charge in [-0.2, -0.15) is 0 Å². The number of hydrogen-bond acceptors (Lipinski definition) is 3. The van der Waals surface area contributed by atoms with Gasteiger partial charge in [0.2, 0.25) is 5.91 Å². The molecule has 1 aromatic carbocycles. The van der Waals surface area contributed by atoms with Gasteiger partial charge in [0.05, 0.1) is 17.6 Å². The molecular formula is C13H17BrN2O2. The van der Waals surface area contributed by atoms with Crippen molar-refractivity contribution < 1.29 is 9.53 Å². The zero-order chi connectivity index (χ0) is 13.1. The smallest absolute Gasteiger partial charge is 0.241 e. The van der Waals surface area contributed by atoms with Crippen molar-refractivity contribution in [3.8, 4) is 5.75 Å². The van der Waals surface area contributed by atoms with E-state index < -0.39 is 0 Å². The minimum absolute atomic E-state index is 0.0251. The summed E-state index contributed by atoms with van der Waals surface area (Å²) in [7, 11) is 1.61. The molecule has 1 aromatic rings. The number of benzene rings is 1. The van der Waals surface area contributed by atoms with E-state index in [9.17, 15) is 4.79 Å². The van der Waals surface area contributed by atoms with E-state index in [1.807, 2.05) is 18.2 Å². The lowest BCUT2D eigenvalue weighted by molar-refractivity contribution is -0.118. The number of ether oxygens (including phenoxy) is 1. The third kappa shape index (κ3) is 2.84. The van der Waals surface area contributed by atoms with Gasteiger partial charge in [0.1, 0.15) is 5.75 Å². The van der Waals surface area contributed by atoms with Crippen LogP contribution in [0.3, 0.4) is 0 Å². The molecule has 2 rings (SSSR count). The van der Waals surface area contributed by atoms with Crippen LogP contribution in [0.2, 0.25) is 0 Å². The fourth-order valence-corrected chi connectivity index (χ4v) is 2.69. The molecule has 0 aromatic heterocycles. The van der Waals surface area contributed by atoms with Gasteiger partial charge in [0.15, 0.2) is 0 Å². The molecule has 4 nitrogen and oxygen atoms in total. The number of rotatable bonds is 3. The second kappa shape index (κ2) is 5.71. The molecule has 1 aliphatic rings. The van der Waals surface area contributed by atoms with Crippen molar-refractivity contribution in [1.82, 2.24) is 5.32 Å². The maximum absolute atomic E-state index is 12.1. The highest BCUT2D eigenvalue weighted by molar-refractivity contribution is 9.10. The molecule has 0 aliphatic carbocycles. The molecule has 2 atom stereocenters. The summed E-state index contributed by atoms with van der Waals surface area (Å²) in [5.41, 5.74) is 0.772. The topological polar surface area (TPSA) is 50.4 Å². The number of hydrogen-bond donors (Lipinski definition) is 2. The lowest BCUT2D eigenvalue weighted by atomic mass is 10.0. The van der Waals surface area contributed by atoms with Crippen LogP contribution in [-0.4, -0.2) is 25.6 Å². The van der Waals surface area contributed by atoms with E-state index in [1.165, 1.54) is 0 Å². The lowest BCUT2D eigenvalue weighted by Gasteiger charge is -2.16. The number of carbonyl (C=O) groups excluding carboxylic acids is 1. The number of anilines is 1. The molecule has 0 saturated carbocycles. The van der Waals surface area contributed by atoms with Gasteiger partial charge in [-0.05, 0) is 53.0 Å². The highest BCUT2D eigenvalue weighted by Crippen LogP contribution is 2.28. The van der Waals surface area contributed by atoms with Crippen LogP contribution >= 0.6 is 15.9 Å². The van der Waals surface area contributed by atoms with Gasteiger partial charge >= 0.3 is 0 Å². The van der Waals surface area contributed by atoms with Crippen molar-refractivity contribution >= 4 is 27.5 Å². The second-order valence-electron chi connectivity index (χ2n) is 4.54. The lowest BCUT2D eigenvalue weighted by Crippen LogP contribution is -2.39. The molecule has 2 unspecified atom stereocenters. The molecule has 98 valence electrons. The molecule has 5 heteroatoms. The minimum Gasteiger partial charge on any atom is -0.496 e. The van der Waals surface area contributed by atoms with Gasteiger partial charge in [-0.3, -0.25) is 4.79 Å². The zero-order valence-electron chi connectivity index (χ0n) is 10.5. The predicted molar refractivity (Wildman–Crippen MR) is 74.9 cm³/mol. The van der Waals surface area contributed by atoms with Gasteiger partial charge in [-0.1, -0.05) is 6.92 Å².